The van der Waals surface area contributed by atoms with Crippen molar-refractivity contribution in [1.29, 1.82) is 0 Å². The molecule has 2 aromatic carbocycles. The second-order valence-electron chi connectivity index (χ2n) is 8.61. The molecule has 0 bridgehead atoms. The van der Waals surface area contributed by atoms with Crippen molar-refractivity contribution in [3.63, 3.8) is 0 Å². The van der Waals surface area contributed by atoms with Gasteiger partial charge in [-0.05, 0) is 63.2 Å². The Morgan fingerprint density at radius 1 is 1.14 bits per heavy atom. The highest BCUT2D eigenvalue weighted by Gasteiger charge is 2.19. The first-order valence-electron chi connectivity index (χ1n) is 11.9. The molecule has 2 aliphatic heterocycles. The summed E-state index contributed by atoms with van der Waals surface area (Å²) in [5.41, 5.74) is 2.58. The second kappa shape index (κ2) is 10.7. The number of benzene rings is 2. The van der Waals surface area contributed by atoms with Gasteiger partial charge < -0.3 is 29.6 Å². The van der Waals surface area contributed by atoms with Crippen LogP contribution in [0.1, 0.15) is 28.8 Å². The molecule has 1 saturated heterocycles. The Morgan fingerprint density at radius 2 is 2.00 bits per heavy atom. The van der Waals surface area contributed by atoms with E-state index in [1.54, 1.807) is 18.3 Å². The van der Waals surface area contributed by atoms with Gasteiger partial charge in [-0.25, -0.2) is 9.78 Å². The third kappa shape index (κ3) is 5.28. The average molecular weight is 492 g/mol. The van der Waals surface area contributed by atoms with Gasteiger partial charge in [0.05, 0.1) is 12.8 Å². The van der Waals surface area contributed by atoms with E-state index in [2.05, 4.69) is 25.5 Å². The summed E-state index contributed by atoms with van der Waals surface area (Å²) >= 11 is 0. The molecule has 1 aromatic heterocycles. The monoisotopic (exact) mass is 491 g/mol. The van der Waals surface area contributed by atoms with Gasteiger partial charge in [-0.2, -0.15) is 4.98 Å². The fourth-order valence-corrected chi connectivity index (χ4v) is 4.21. The molecular weight excluding hydrogens is 462 g/mol. The van der Waals surface area contributed by atoms with Gasteiger partial charge in [-0.1, -0.05) is 6.07 Å². The molecule has 188 valence electrons. The fourth-order valence-electron chi connectivity index (χ4n) is 4.21. The maximum Gasteiger partial charge on any atom is 0.341 e. The highest BCUT2D eigenvalue weighted by molar-refractivity contribution is 5.93. The van der Waals surface area contributed by atoms with Gasteiger partial charge in [0, 0.05) is 24.0 Å². The van der Waals surface area contributed by atoms with Crippen LogP contribution < -0.4 is 24.8 Å². The predicted molar refractivity (Wildman–Crippen MR) is 135 cm³/mol. The van der Waals surface area contributed by atoms with E-state index in [9.17, 15) is 4.79 Å². The van der Waals surface area contributed by atoms with E-state index in [0.717, 1.165) is 30.9 Å². The molecule has 0 atom stereocenters. The number of hydrogen-bond donors (Lipinski definition) is 2. The number of carbonyl (C=O) groups is 1. The highest BCUT2D eigenvalue weighted by Crippen LogP contribution is 2.40. The normalized spacial score (nSPS) is 14.5. The number of hydrogen-bond acceptors (Lipinski definition) is 10. The van der Waals surface area contributed by atoms with Crippen molar-refractivity contribution in [3.05, 3.63) is 53.7 Å². The van der Waals surface area contributed by atoms with E-state index in [0.29, 0.717) is 46.9 Å². The zero-order valence-corrected chi connectivity index (χ0v) is 20.4. The molecule has 2 N–H and O–H groups in total. The van der Waals surface area contributed by atoms with E-state index in [1.165, 1.54) is 20.0 Å². The Kier molecular flexibility index (Phi) is 7.03. The van der Waals surface area contributed by atoms with Crippen LogP contribution in [0.4, 0.5) is 23.1 Å². The molecule has 3 heterocycles. The molecule has 3 aromatic rings. The quantitative estimate of drug-likeness (QED) is 0.422. The first-order chi connectivity index (χ1) is 17.6. The lowest BCUT2D eigenvalue weighted by Gasteiger charge is -2.17. The minimum atomic E-state index is -0.470. The Morgan fingerprint density at radius 3 is 2.83 bits per heavy atom. The first-order valence-corrected chi connectivity index (χ1v) is 11.9. The number of para-hydroxylation sites is 1. The number of ether oxygens (including phenoxy) is 4. The Labute approximate surface area is 209 Å². The Balaban J connectivity index is 1.31. The van der Waals surface area contributed by atoms with E-state index >= 15 is 0 Å². The summed E-state index contributed by atoms with van der Waals surface area (Å²) in [5, 5.41) is 6.47. The number of anilines is 4. The molecule has 0 aliphatic carbocycles. The maximum atomic E-state index is 12.4. The lowest BCUT2D eigenvalue weighted by Crippen LogP contribution is -2.25. The van der Waals surface area contributed by atoms with Crippen LogP contribution >= 0.6 is 0 Å². The van der Waals surface area contributed by atoms with Gasteiger partial charge in [0.2, 0.25) is 12.7 Å². The van der Waals surface area contributed by atoms with Crippen LogP contribution in [0.2, 0.25) is 0 Å². The Bertz CT molecular complexity index is 1250. The largest absolute Gasteiger partial charge is 0.491 e. The standard InChI is InChI=1S/C26H29N5O5/c1-17-15-27-26(30-24(17)29-20-6-5-7-22-23(20)36-16-35-22)28-18-8-9-21(19(14-18)25(32)33-2)34-13-12-31-10-3-4-11-31/h5-9,14-15H,3-4,10-13,16H2,1-2H3,(H2,27,28,29,30). The minimum absolute atomic E-state index is 0.185. The third-order valence-corrected chi connectivity index (χ3v) is 6.13. The van der Waals surface area contributed by atoms with Crippen LogP contribution in [0, 0.1) is 6.92 Å². The maximum absolute atomic E-state index is 12.4. The smallest absolute Gasteiger partial charge is 0.341 e. The molecule has 1 fully saturated rings. The minimum Gasteiger partial charge on any atom is -0.491 e. The molecule has 0 saturated carbocycles. The van der Waals surface area contributed by atoms with Crippen molar-refractivity contribution < 1.29 is 23.7 Å². The first kappa shape index (κ1) is 23.7. The van der Waals surface area contributed by atoms with Gasteiger partial charge in [-0.15, -0.1) is 0 Å². The van der Waals surface area contributed by atoms with Gasteiger partial charge in [0.1, 0.15) is 23.7 Å². The zero-order valence-electron chi connectivity index (χ0n) is 20.4. The number of esters is 1. The number of nitrogens with one attached hydrogen (secondary N) is 2. The predicted octanol–water partition coefficient (Wildman–Crippen LogP) is 4.26. The van der Waals surface area contributed by atoms with Crippen molar-refractivity contribution in [2.24, 2.45) is 0 Å². The van der Waals surface area contributed by atoms with Gasteiger partial charge in [0.25, 0.3) is 0 Å². The van der Waals surface area contributed by atoms with Crippen LogP contribution in [-0.2, 0) is 4.74 Å². The number of fused-ring (bicyclic) bond motifs is 1. The summed E-state index contributed by atoms with van der Waals surface area (Å²) in [6.45, 7) is 5.62. The molecule has 36 heavy (non-hydrogen) atoms. The fraction of sp³-hybridized carbons (Fsp3) is 0.346. The molecule has 10 nitrogen and oxygen atoms in total. The van der Waals surface area contributed by atoms with Gasteiger partial charge in [0.15, 0.2) is 11.5 Å². The van der Waals surface area contributed by atoms with E-state index < -0.39 is 5.97 Å². The molecular formula is C26H29N5O5. The number of nitrogens with zero attached hydrogens (tertiary/aromatic N) is 3. The van der Waals surface area contributed by atoms with Crippen molar-refractivity contribution in [2.75, 3.05) is 50.8 Å². The topological polar surface area (TPSA) is 107 Å². The molecule has 5 rings (SSSR count). The third-order valence-electron chi connectivity index (χ3n) is 6.13. The lowest BCUT2D eigenvalue weighted by atomic mass is 10.1. The summed E-state index contributed by atoms with van der Waals surface area (Å²) in [6.07, 6.45) is 4.17. The van der Waals surface area contributed by atoms with Crippen LogP contribution in [0.25, 0.3) is 0 Å². The number of likely N-dealkylation sites (tertiary alicyclic amines) is 1. The second-order valence-corrected chi connectivity index (χ2v) is 8.61. The molecule has 0 radical (unpaired) electrons. The SMILES string of the molecule is COC(=O)c1cc(Nc2ncc(C)c(Nc3cccc4c3OCO4)n2)ccc1OCCN1CCCC1. The molecule has 0 unspecified atom stereocenters. The van der Waals surface area contributed by atoms with Gasteiger partial charge in [-0.3, -0.25) is 4.90 Å². The average Bonchev–Trinajstić information content (AvgIpc) is 3.59. The number of methoxy groups -OCH3 is 1. The number of carbonyl (C=O) groups excluding carboxylic acids is 1. The molecule has 0 spiro atoms. The lowest BCUT2D eigenvalue weighted by molar-refractivity contribution is 0.0595. The van der Waals surface area contributed by atoms with Crippen molar-refractivity contribution >= 4 is 29.1 Å². The van der Waals surface area contributed by atoms with E-state index in [-0.39, 0.29) is 6.79 Å². The van der Waals surface area contributed by atoms with E-state index in [1.807, 2.05) is 31.2 Å². The van der Waals surface area contributed by atoms with Crippen molar-refractivity contribution in [3.8, 4) is 17.2 Å². The number of rotatable bonds is 9. The number of aromatic nitrogens is 2. The highest BCUT2D eigenvalue weighted by atomic mass is 16.7. The van der Waals surface area contributed by atoms with Crippen LogP contribution in [0.3, 0.4) is 0 Å². The van der Waals surface area contributed by atoms with Crippen LogP contribution in [0.5, 0.6) is 17.2 Å². The van der Waals surface area contributed by atoms with Crippen LogP contribution in [-0.4, -0.2) is 61.0 Å². The molecule has 2 aliphatic rings. The summed E-state index contributed by atoms with van der Waals surface area (Å²) in [5.74, 6) is 2.33. The van der Waals surface area contributed by atoms with Crippen molar-refractivity contribution in [1.82, 2.24) is 14.9 Å². The summed E-state index contributed by atoms with van der Waals surface area (Å²) in [6, 6.07) is 10.9. The van der Waals surface area contributed by atoms with E-state index in [4.69, 9.17) is 18.9 Å². The van der Waals surface area contributed by atoms with Gasteiger partial charge >= 0.3 is 5.97 Å². The molecule has 10 heteroatoms. The Hall–Kier alpha value is -4.05. The summed E-state index contributed by atoms with van der Waals surface area (Å²) < 4.78 is 21.9. The van der Waals surface area contributed by atoms with Crippen molar-refractivity contribution in [2.45, 2.75) is 19.8 Å². The summed E-state index contributed by atoms with van der Waals surface area (Å²) in [4.78, 5) is 23.8. The zero-order chi connectivity index (χ0) is 24.9. The molecule has 0 amide bonds. The number of aryl methyl sites for hydroxylation is 1. The summed E-state index contributed by atoms with van der Waals surface area (Å²) in [7, 11) is 1.35. The van der Waals surface area contributed by atoms with Crippen LogP contribution in [0.15, 0.2) is 42.6 Å².